The van der Waals surface area contributed by atoms with Crippen molar-refractivity contribution in [3.63, 3.8) is 0 Å². The molecular weight excluding hydrogens is 324 g/mol. The van der Waals surface area contributed by atoms with Crippen LogP contribution in [0.1, 0.15) is 11.7 Å². The Kier molecular flexibility index (Phi) is 5.49. The van der Waals surface area contributed by atoms with Gasteiger partial charge in [-0.2, -0.15) is 4.98 Å². The molecule has 1 aromatic heterocycles. The molecule has 8 nitrogen and oxygen atoms in total. The summed E-state index contributed by atoms with van der Waals surface area (Å²) < 4.78 is 15.8. The van der Waals surface area contributed by atoms with E-state index >= 15 is 0 Å². The summed E-state index contributed by atoms with van der Waals surface area (Å²) in [7, 11) is 1.58. The molecule has 0 aliphatic carbocycles. The van der Waals surface area contributed by atoms with Crippen molar-refractivity contribution in [2.45, 2.75) is 13.5 Å². The number of methoxy groups -OCH3 is 1. The monoisotopic (exact) mass is 346 g/mol. The van der Waals surface area contributed by atoms with Gasteiger partial charge in [-0.1, -0.05) is 17.3 Å². The number of benzene rings is 1. The van der Waals surface area contributed by atoms with Gasteiger partial charge in [-0.05, 0) is 12.1 Å². The van der Waals surface area contributed by atoms with E-state index in [2.05, 4.69) is 15.0 Å². The topological polar surface area (TPSA) is 80.9 Å². The largest absolute Gasteiger partial charge is 0.493 e. The summed E-state index contributed by atoms with van der Waals surface area (Å²) in [6.07, 6.45) is 0. The van der Waals surface area contributed by atoms with E-state index in [-0.39, 0.29) is 12.5 Å². The fraction of sp³-hybridized carbons (Fsp3) is 0.471. The van der Waals surface area contributed by atoms with Crippen molar-refractivity contribution in [1.82, 2.24) is 19.9 Å². The van der Waals surface area contributed by atoms with Gasteiger partial charge in [-0.25, -0.2) is 0 Å². The zero-order valence-electron chi connectivity index (χ0n) is 14.5. The second kappa shape index (κ2) is 7.98. The molecule has 2 aromatic rings. The first-order valence-electron chi connectivity index (χ1n) is 8.21. The summed E-state index contributed by atoms with van der Waals surface area (Å²) in [4.78, 5) is 20.6. The fourth-order valence-corrected chi connectivity index (χ4v) is 2.73. The van der Waals surface area contributed by atoms with Crippen molar-refractivity contribution in [2.24, 2.45) is 0 Å². The first-order valence-corrected chi connectivity index (χ1v) is 8.21. The van der Waals surface area contributed by atoms with Crippen molar-refractivity contribution >= 4 is 5.91 Å². The number of para-hydroxylation sites is 2. The molecule has 2 heterocycles. The third kappa shape index (κ3) is 4.48. The SMILES string of the molecule is COc1ccccc1OCC(=O)N1CCN(Cc2noc(C)n2)CC1. The molecule has 0 radical (unpaired) electrons. The Labute approximate surface area is 146 Å². The Balaban J connectivity index is 1.45. The van der Waals surface area contributed by atoms with Gasteiger partial charge in [0.1, 0.15) is 0 Å². The lowest BCUT2D eigenvalue weighted by Gasteiger charge is -2.34. The Morgan fingerprint density at radius 3 is 2.56 bits per heavy atom. The highest BCUT2D eigenvalue weighted by atomic mass is 16.5. The van der Waals surface area contributed by atoms with Crippen molar-refractivity contribution in [3.8, 4) is 11.5 Å². The average Bonchev–Trinajstić information content (AvgIpc) is 3.05. The van der Waals surface area contributed by atoms with Crippen LogP contribution >= 0.6 is 0 Å². The van der Waals surface area contributed by atoms with Gasteiger partial charge in [0.15, 0.2) is 23.9 Å². The molecule has 25 heavy (non-hydrogen) atoms. The number of aromatic nitrogens is 2. The first kappa shape index (κ1) is 17.2. The molecule has 1 fully saturated rings. The highest BCUT2D eigenvalue weighted by Crippen LogP contribution is 2.25. The minimum Gasteiger partial charge on any atom is -0.493 e. The van der Waals surface area contributed by atoms with Gasteiger partial charge in [0.05, 0.1) is 13.7 Å². The smallest absolute Gasteiger partial charge is 0.260 e. The molecule has 0 atom stereocenters. The summed E-state index contributed by atoms with van der Waals surface area (Å²) in [5, 5.41) is 3.90. The minimum absolute atomic E-state index is 0.00437. The summed E-state index contributed by atoms with van der Waals surface area (Å²) in [6, 6.07) is 7.30. The van der Waals surface area contributed by atoms with Crippen molar-refractivity contribution < 1.29 is 18.8 Å². The van der Waals surface area contributed by atoms with Gasteiger partial charge in [0.25, 0.3) is 5.91 Å². The third-order valence-corrected chi connectivity index (χ3v) is 4.08. The quantitative estimate of drug-likeness (QED) is 0.775. The number of carbonyl (C=O) groups is 1. The van der Waals surface area contributed by atoms with E-state index in [0.717, 1.165) is 13.1 Å². The van der Waals surface area contributed by atoms with Gasteiger partial charge < -0.3 is 18.9 Å². The maximum Gasteiger partial charge on any atom is 0.260 e. The maximum atomic E-state index is 12.3. The van der Waals surface area contributed by atoms with E-state index < -0.39 is 0 Å². The van der Waals surface area contributed by atoms with Crippen LogP contribution in [0.25, 0.3) is 0 Å². The molecule has 0 spiro atoms. The van der Waals surface area contributed by atoms with Crippen LogP contribution in [0.2, 0.25) is 0 Å². The molecule has 1 amide bonds. The molecule has 8 heteroatoms. The van der Waals surface area contributed by atoms with Crippen LogP contribution in [0, 0.1) is 6.92 Å². The first-order chi connectivity index (χ1) is 12.2. The molecule has 1 aromatic carbocycles. The second-order valence-corrected chi connectivity index (χ2v) is 5.83. The number of carbonyl (C=O) groups excluding carboxylic acids is 1. The minimum atomic E-state index is -0.0269. The second-order valence-electron chi connectivity index (χ2n) is 5.83. The summed E-state index contributed by atoms with van der Waals surface area (Å²) in [5.74, 6) is 2.41. The molecule has 134 valence electrons. The van der Waals surface area contributed by atoms with Gasteiger partial charge in [0, 0.05) is 33.1 Å². The molecule has 1 saturated heterocycles. The molecule has 0 saturated carbocycles. The Morgan fingerprint density at radius 1 is 1.20 bits per heavy atom. The van der Waals surface area contributed by atoms with Crippen molar-refractivity contribution in [3.05, 3.63) is 36.0 Å². The Morgan fingerprint density at radius 2 is 1.92 bits per heavy atom. The standard InChI is InChI=1S/C17H22N4O4/c1-13-18-16(19-25-13)11-20-7-9-21(10-8-20)17(22)12-24-15-6-4-3-5-14(15)23-2/h3-6H,7-12H2,1-2H3. The van der Waals surface area contributed by atoms with E-state index in [0.29, 0.717) is 42.8 Å². The number of hydrogen-bond donors (Lipinski definition) is 0. The highest BCUT2D eigenvalue weighted by Gasteiger charge is 2.22. The maximum absolute atomic E-state index is 12.3. The van der Waals surface area contributed by atoms with Crippen molar-refractivity contribution in [2.75, 3.05) is 39.9 Å². The fourth-order valence-electron chi connectivity index (χ4n) is 2.73. The lowest BCUT2D eigenvalue weighted by Crippen LogP contribution is -2.49. The zero-order chi connectivity index (χ0) is 17.6. The predicted molar refractivity (Wildman–Crippen MR) is 89.4 cm³/mol. The zero-order valence-corrected chi connectivity index (χ0v) is 14.5. The molecule has 0 N–H and O–H groups in total. The number of nitrogens with zero attached hydrogens (tertiary/aromatic N) is 4. The summed E-state index contributed by atoms with van der Waals surface area (Å²) >= 11 is 0. The van der Waals surface area contributed by atoms with E-state index in [9.17, 15) is 4.79 Å². The van der Waals surface area contributed by atoms with Crippen LogP contribution in [0.4, 0.5) is 0 Å². The van der Waals surface area contributed by atoms with E-state index in [1.54, 1.807) is 26.2 Å². The number of ether oxygens (including phenoxy) is 2. The summed E-state index contributed by atoms with van der Waals surface area (Å²) in [5.41, 5.74) is 0. The third-order valence-electron chi connectivity index (χ3n) is 4.08. The molecule has 1 aliphatic heterocycles. The van der Waals surface area contributed by atoms with E-state index in [1.165, 1.54) is 0 Å². The van der Waals surface area contributed by atoms with Gasteiger partial charge in [-0.3, -0.25) is 9.69 Å². The lowest BCUT2D eigenvalue weighted by molar-refractivity contribution is -0.135. The van der Waals surface area contributed by atoms with Crippen LogP contribution in [0.5, 0.6) is 11.5 Å². The van der Waals surface area contributed by atoms with Crippen LogP contribution < -0.4 is 9.47 Å². The summed E-state index contributed by atoms with van der Waals surface area (Å²) in [6.45, 7) is 5.27. The Hall–Kier alpha value is -2.61. The van der Waals surface area contributed by atoms with Gasteiger partial charge in [-0.15, -0.1) is 0 Å². The Bertz CT molecular complexity index is 710. The number of piperazine rings is 1. The van der Waals surface area contributed by atoms with Gasteiger partial charge in [0.2, 0.25) is 5.89 Å². The van der Waals surface area contributed by atoms with E-state index in [4.69, 9.17) is 14.0 Å². The number of rotatable bonds is 6. The van der Waals surface area contributed by atoms with Crippen LogP contribution in [0.3, 0.4) is 0 Å². The lowest BCUT2D eigenvalue weighted by atomic mass is 10.3. The van der Waals surface area contributed by atoms with Crippen LogP contribution in [-0.2, 0) is 11.3 Å². The number of hydrogen-bond acceptors (Lipinski definition) is 7. The number of aryl methyl sites for hydroxylation is 1. The normalized spacial score (nSPS) is 15.2. The van der Waals surface area contributed by atoms with Gasteiger partial charge >= 0.3 is 0 Å². The highest BCUT2D eigenvalue weighted by molar-refractivity contribution is 5.78. The van der Waals surface area contributed by atoms with E-state index in [1.807, 2.05) is 17.0 Å². The van der Waals surface area contributed by atoms with Crippen LogP contribution in [-0.4, -0.2) is 65.7 Å². The number of amides is 1. The predicted octanol–water partition coefficient (Wildman–Crippen LogP) is 1.11. The van der Waals surface area contributed by atoms with Crippen LogP contribution in [0.15, 0.2) is 28.8 Å². The molecule has 0 unspecified atom stereocenters. The molecular formula is C17H22N4O4. The van der Waals surface area contributed by atoms with Crippen molar-refractivity contribution in [1.29, 1.82) is 0 Å². The molecule has 3 rings (SSSR count). The molecule has 0 bridgehead atoms. The average molecular weight is 346 g/mol. The molecule has 1 aliphatic rings.